The summed E-state index contributed by atoms with van der Waals surface area (Å²) in [4.78, 5) is 23.2. The Kier molecular flexibility index (Phi) is 6.29. The first-order chi connectivity index (χ1) is 9.06. The summed E-state index contributed by atoms with van der Waals surface area (Å²) in [5, 5.41) is 13.3. The Bertz CT molecular complexity index is 465. The second kappa shape index (κ2) is 7.74. The van der Waals surface area contributed by atoms with E-state index >= 15 is 0 Å². The number of carboxylic acids is 1. The monoisotopic (exact) mass is 281 g/mol. The van der Waals surface area contributed by atoms with Gasteiger partial charge in [-0.05, 0) is 25.0 Å². The van der Waals surface area contributed by atoms with Crippen LogP contribution in [0.1, 0.15) is 48.3 Å². The number of hydrogen-bond acceptors (Lipinski definition) is 3. The molecule has 1 amide bonds. The van der Waals surface area contributed by atoms with Gasteiger partial charge in [-0.15, -0.1) is 11.3 Å². The van der Waals surface area contributed by atoms with Gasteiger partial charge in [0.2, 0.25) is 0 Å². The molecule has 0 aliphatic heterocycles. The molecule has 1 aromatic heterocycles. The molecule has 0 bridgehead atoms. The van der Waals surface area contributed by atoms with E-state index in [1.165, 1.54) is 17.4 Å². The average Bonchev–Trinajstić information content (AvgIpc) is 2.84. The summed E-state index contributed by atoms with van der Waals surface area (Å²) in [6.07, 6.45) is 5.48. The highest BCUT2D eigenvalue weighted by Gasteiger charge is 2.12. The molecule has 2 N–H and O–H groups in total. The summed E-state index contributed by atoms with van der Waals surface area (Å²) in [5.74, 6) is -1.08. The topological polar surface area (TPSA) is 66.4 Å². The van der Waals surface area contributed by atoms with Crippen LogP contribution in [-0.4, -0.2) is 23.0 Å². The summed E-state index contributed by atoms with van der Waals surface area (Å²) in [7, 11) is 0. The van der Waals surface area contributed by atoms with Gasteiger partial charge in [0.25, 0.3) is 5.91 Å². The smallest absolute Gasteiger partial charge is 0.328 e. The minimum Gasteiger partial charge on any atom is -0.478 e. The van der Waals surface area contributed by atoms with Crippen molar-refractivity contribution < 1.29 is 14.7 Å². The largest absolute Gasteiger partial charge is 0.478 e. The minimum absolute atomic E-state index is 0.0912. The van der Waals surface area contributed by atoms with Crippen molar-refractivity contribution in [3.63, 3.8) is 0 Å². The van der Waals surface area contributed by atoms with Gasteiger partial charge in [0.05, 0.1) is 5.56 Å². The van der Waals surface area contributed by atoms with Crippen LogP contribution in [0.4, 0.5) is 0 Å². The van der Waals surface area contributed by atoms with Crippen molar-refractivity contribution in [3.05, 3.63) is 28.0 Å². The van der Waals surface area contributed by atoms with Crippen LogP contribution >= 0.6 is 11.3 Å². The highest BCUT2D eigenvalue weighted by Crippen LogP contribution is 2.16. The summed E-state index contributed by atoms with van der Waals surface area (Å²) < 4.78 is 0. The van der Waals surface area contributed by atoms with E-state index in [0.29, 0.717) is 5.56 Å². The minimum atomic E-state index is -0.992. The second-order valence-corrected chi connectivity index (χ2v) is 5.22. The number of thiophene rings is 1. The molecule has 0 aliphatic rings. The quantitative estimate of drug-likeness (QED) is 0.754. The molecule has 19 heavy (non-hydrogen) atoms. The Morgan fingerprint density at radius 1 is 1.47 bits per heavy atom. The van der Waals surface area contributed by atoms with Crippen LogP contribution in [0.15, 0.2) is 17.5 Å². The van der Waals surface area contributed by atoms with E-state index in [2.05, 4.69) is 19.2 Å². The summed E-state index contributed by atoms with van der Waals surface area (Å²) >= 11 is 1.36. The third-order valence-electron chi connectivity index (χ3n) is 2.74. The fraction of sp³-hybridized carbons (Fsp3) is 0.429. The molecule has 0 fully saturated rings. The van der Waals surface area contributed by atoms with E-state index in [1.807, 2.05) is 0 Å². The van der Waals surface area contributed by atoms with Gasteiger partial charge in [-0.25, -0.2) is 4.79 Å². The summed E-state index contributed by atoms with van der Waals surface area (Å²) in [5.41, 5.74) is 0.588. The maximum Gasteiger partial charge on any atom is 0.328 e. The van der Waals surface area contributed by atoms with Gasteiger partial charge in [-0.2, -0.15) is 0 Å². The van der Waals surface area contributed by atoms with Crippen molar-refractivity contribution in [2.75, 3.05) is 0 Å². The molecule has 5 heteroatoms. The lowest BCUT2D eigenvalue weighted by Gasteiger charge is -2.15. The standard InChI is InChI=1S/C14H19NO3S/c1-3-5-11(4-2)15-14(18)10-8-12(19-9-10)6-7-13(16)17/h6-9,11H,3-5H2,1-2H3,(H,15,18)(H,16,17). The lowest BCUT2D eigenvalue weighted by Crippen LogP contribution is -2.33. The van der Waals surface area contributed by atoms with Crippen molar-refractivity contribution in [1.29, 1.82) is 0 Å². The predicted octanol–water partition coefficient (Wildman–Crippen LogP) is 3.15. The van der Waals surface area contributed by atoms with E-state index in [4.69, 9.17) is 5.11 Å². The molecule has 4 nitrogen and oxygen atoms in total. The van der Waals surface area contributed by atoms with Gasteiger partial charge < -0.3 is 10.4 Å². The van der Waals surface area contributed by atoms with Crippen LogP contribution in [0.25, 0.3) is 6.08 Å². The number of amides is 1. The zero-order valence-corrected chi connectivity index (χ0v) is 12.0. The van der Waals surface area contributed by atoms with Crippen molar-refractivity contribution >= 4 is 29.3 Å². The molecule has 1 heterocycles. The van der Waals surface area contributed by atoms with E-state index in [0.717, 1.165) is 30.2 Å². The van der Waals surface area contributed by atoms with Crippen molar-refractivity contribution in [3.8, 4) is 0 Å². The van der Waals surface area contributed by atoms with Crippen molar-refractivity contribution in [1.82, 2.24) is 5.32 Å². The highest BCUT2D eigenvalue weighted by atomic mass is 32.1. The zero-order valence-electron chi connectivity index (χ0n) is 11.2. The van der Waals surface area contributed by atoms with Crippen LogP contribution in [-0.2, 0) is 4.79 Å². The first-order valence-electron chi connectivity index (χ1n) is 6.37. The molecule has 104 valence electrons. The van der Waals surface area contributed by atoms with E-state index in [1.54, 1.807) is 11.4 Å². The third kappa shape index (κ3) is 5.26. The third-order valence-corrected chi connectivity index (χ3v) is 3.64. The number of rotatable bonds is 7. The fourth-order valence-corrected chi connectivity index (χ4v) is 2.49. The Hall–Kier alpha value is -1.62. The number of hydrogen-bond donors (Lipinski definition) is 2. The lowest BCUT2D eigenvalue weighted by atomic mass is 10.1. The van der Waals surface area contributed by atoms with E-state index in [9.17, 15) is 9.59 Å². The van der Waals surface area contributed by atoms with Gasteiger partial charge in [-0.3, -0.25) is 4.79 Å². The molecule has 1 aromatic rings. The van der Waals surface area contributed by atoms with E-state index in [-0.39, 0.29) is 11.9 Å². The van der Waals surface area contributed by atoms with E-state index < -0.39 is 5.97 Å². The molecule has 1 atom stereocenters. The predicted molar refractivity (Wildman–Crippen MR) is 77.4 cm³/mol. The normalized spacial score (nSPS) is 12.5. The molecule has 1 rings (SSSR count). The first-order valence-corrected chi connectivity index (χ1v) is 7.25. The zero-order chi connectivity index (χ0) is 14.3. The Balaban J connectivity index is 2.65. The number of carbonyl (C=O) groups is 2. The summed E-state index contributed by atoms with van der Waals surface area (Å²) in [6.45, 7) is 4.14. The number of nitrogens with one attached hydrogen (secondary N) is 1. The molecule has 0 spiro atoms. The molecule has 1 unspecified atom stereocenters. The highest BCUT2D eigenvalue weighted by molar-refractivity contribution is 7.11. The maximum atomic E-state index is 12.0. The Morgan fingerprint density at radius 2 is 2.21 bits per heavy atom. The molecular formula is C14H19NO3S. The van der Waals surface area contributed by atoms with Gasteiger partial charge in [0.15, 0.2) is 0 Å². The molecule has 0 saturated heterocycles. The molecule has 0 aromatic carbocycles. The average molecular weight is 281 g/mol. The number of carboxylic acid groups (broad SMARTS) is 1. The van der Waals surface area contributed by atoms with Crippen LogP contribution < -0.4 is 5.32 Å². The van der Waals surface area contributed by atoms with Crippen LogP contribution in [0, 0.1) is 0 Å². The van der Waals surface area contributed by atoms with Gasteiger partial charge in [0, 0.05) is 22.4 Å². The van der Waals surface area contributed by atoms with Gasteiger partial charge >= 0.3 is 5.97 Å². The fourth-order valence-electron chi connectivity index (χ4n) is 1.71. The molecular weight excluding hydrogens is 262 g/mol. The number of carbonyl (C=O) groups excluding carboxylic acids is 1. The van der Waals surface area contributed by atoms with Gasteiger partial charge in [-0.1, -0.05) is 20.3 Å². The van der Waals surface area contributed by atoms with Crippen molar-refractivity contribution in [2.24, 2.45) is 0 Å². The molecule has 0 radical (unpaired) electrons. The Labute approximate surface area is 117 Å². The number of aliphatic carboxylic acids is 1. The maximum absolute atomic E-state index is 12.0. The lowest BCUT2D eigenvalue weighted by molar-refractivity contribution is -0.131. The second-order valence-electron chi connectivity index (χ2n) is 4.28. The Morgan fingerprint density at radius 3 is 2.79 bits per heavy atom. The van der Waals surface area contributed by atoms with Crippen LogP contribution in [0.2, 0.25) is 0 Å². The first kappa shape index (κ1) is 15.4. The van der Waals surface area contributed by atoms with Gasteiger partial charge in [0.1, 0.15) is 0 Å². The summed E-state index contributed by atoms with van der Waals surface area (Å²) in [6, 6.07) is 1.91. The SMILES string of the molecule is CCCC(CC)NC(=O)c1csc(C=CC(=O)O)c1. The van der Waals surface area contributed by atoms with Crippen molar-refractivity contribution in [2.45, 2.75) is 39.2 Å². The van der Waals surface area contributed by atoms with Crippen LogP contribution in [0.5, 0.6) is 0 Å². The molecule has 0 saturated carbocycles. The molecule has 0 aliphatic carbocycles. The van der Waals surface area contributed by atoms with Crippen LogP contribution in [0.3, 0.4) is 0 Å².